The van der Waals surface area contributed by atoms with E-state index in [0.29, 0.717) is 35.6 Å². The molecule has 1 aromatic heterocycles. The molecule has 3 atom stereocenters. The van der Waals surface area contributed by atoms with E-state index < -0.39 is 41.7 Å². The van der Waals surface area contributed by atoms with Crippen molar-refractivity contribution < 1.29 is 27.9 Å². The van der Waals surface area contributed by atoms with Crippen molar-refractivity contribution in [2.45, 2.75) is 57.6 Å². The smallest absolute Gasteiger partial charge is 0.392 e. The summed E-state index contributed by atoms with van der Waals surface area (Å²) < 4.78 is 39.9. The van der Waals surface area contributed by atoms with Gasteiger partial charge in [0.15, 0.2) is 0 Å². The monoisotopic (exact) mass is 564 g/mol. The molecule has 10 heteroatoms. The molecule has 2 heterocycles. The second kappa shape index (κ2) is 11.8. The van der Waals surface area contributed by atoms with Crippen LogP contribution in [-0.4, -0.2) is 39.9 Å². The van der Waals surface area contributed by atoms with Gasteiger partial charge in [-0.25, -0.2) is 4.99 Å². The van der Waals surface area contributed by atoms with Crippen molar-refractivity contribution in [3.8, 4) is 0 Å². The molecule has 3 unspecified atom stereocenters. The van der Waals surface area contributed by atoms with Crippen LogP contribution in [0.15, 0.2) is 78.0 Å². The fourth-order valence-electron chi connectivity index (χ4n) is 5.09. The fourth-order valence-corrected chi connectivity index (χ4v) is 5.09. The maximum Gasteiger partial charge on any atom is 0.416 e. The Bertz CT molecular complexity index is 1420. The number of nitrogens with zero attached hydrogens (tertiary/aromatic N) is 3. The second-order valence-electron chi connectivity index (χ2n) is 10.5. The number of aliphatic hydroxyl groups excluding tert-OH is 1. The molecule has 2 N–H and O–H groups in total. The number of alkyl halides is 3. The Morgan fingerprint density at radius 1 is 1.10 bits per heavy atom. The highest BCUT2D eigenvalue weighted by Gasteiger charge is 2.38. The number of nitrogens with one attached hydrogen (secondary N) is 1. The molecule has 0 spiro atoms. The van der Waals surface area contributed by atoms with E-state index in [2.05, 4.69) is 15.3 Å². The van der Waals surface area contributed by atoms with Crippen LogP contribution in [0.3, 0.4) is 0 Å². The molecule has 7 nitrogen and oxygen atoms in total. The van der Waals surface area contributed by atoms with Crippen LogP contribution in [0.4, 0.5) is 18.9 Å². The number of anilines is 1. The van der Waals surface area contributed by atoms with Gasteiger partial charge in [-0.1, -0.05) is 56.2 Å². The van der Waals surface area contributed by atoms with Crippen molar-refractivity contribution in [2.24, 2.45) is 16.8 Å². The number of amides is 2. The lowest BCUT2D eigenvalue weighted by Gasteiger charge is -2.27. The van der Waals surface area contributed by atoms with Crippen LogP contribution in [0.1, 0.15) is 54.9 Å². The van der Waals surface area contributed by atoms with E-state index in [1.54, 1.807) is 49.6 Å². The second-order valence-corrected chi connectivity index (χ2v) is 10.5. The number of halogens is 3. The zero-order valence-electron chi connectivity index (χ0n) is 22.5. The Morgan fingerprint density at radius 2 is 1.83 bits per heavy atom. The van der Waals surface area contributed by atoms with Gasteiger partial charge in [0.1, 0.15) is 0 Å². The topological polar surface area (TPSA) is 94.9 Å². The van der Waals surface area contributed by atoms with E-state index in [0.717, 1.165) is 30.5 Å². The molecular weight excluding hydrogens is 533 g/mol. The van der Waals surface area contributed by atoms with Crippen LogP contribution in [0.25, 0.3) is 0 Å². The number of aromatic nitrogens is 1. The molecule has 5 rings (SSSR count). The van der Waals surface area contributed by atoms with Crippen LogP contribution in [0, 0.1) is 11.8 Å². The van der Waals surface area contributed by atoms with Crippen LogP contribution in [-0.2, 0) is 22.3 Å². The average Bonchev–Trinajstić information content (AvgIpc) is 3.81. The number of benzene rings is 2. The molecule has 214 valence electrons. The fraction of sp³-hybridized carbons (Fsp3) is 0.355. The predicted molar refractivity (Wildman–Crippen MR) is 148 cm³/mol. The van der Waals surface area contributed by atoms with Crippen LogP contribution < -0.4 is 10.2 Å². The van der Waals surface area contributed by atoms with E-state index in [9.17, 15) is 27.9 Å². The first-order chi connectivity index (χ1) is 19.7. The van der Waals surface area contributed by atoms with Crippen molar-refractivity contribution in [3.05, 3.63) is 95.3 Å². The molecule has 41 heavy (non-hydrogen) atoms. The summed E-state index contributed by atoms with van der Waals surface area (Å²) in [6, 6.07) is 15.1. The van der Waals surface area contributed by atoms with Gasteiger partial charge in [0.05, 0.1) is 35.5 Å². The molecular formula is C31H31F3N4O3. The van der Waals surface area contributed by atoms with E-state index in [1.165, 1.54) is 17.0 Å². The number of benzodiazepines with no additional fused rings is 1. The van der Waals surface area contributed by atoms with Crippen molar-refractivity contribution in [3.63, 3.8) is 0 Å². The summed E-state index contributed by atoms with van der Waals surface area (Å²) >= 11 is 0. The lowest BCUT2D eigenvalue weighted by atomic mass is 9.93. The van der Waals surface area contributed by atoms with Gasteiger partial charge in [-0.15, -0.1) is 0 Å². The van der Waals surface area contributed by atoms with E-state index in [-0.39, 0.29) is 12.3 Å². The molecule has 0 bridgehead atoms. The first-order valence-corrected chi connectivity index (χ1v) is 13.7. The number of fused-ring (bicyclic) bond motifs is 1. The van der Waals surface area contributed by atoms with Gasteiger partial charge in [0.2, 0.25) is 12.1 Å². The summed E-state index contributed by atoms with van der Waals surface area (Å²) in [6.07, 6.45) is -0.622. The Morgan fingerprint density at radius 3 is 2.46 bits per heavy atom. The number of rotatable bonds is 9. The molecule has 0 saturated heterocycles. The highest BCUT2D eigenvalue weighted by atomic mass is 19.4. The van der Waals surface area contributed by atoms with Crippen molar-refractivity contribution in [1.29, 1.82) is 0 Å². The summed E-state index contributed by atoms with van der Waals surface area (Å²) in [7, 11) is 0. The Hall–Kier alpha value is -4.05. The Labute approximate surface area is 236 Å². The first-order valence-electron chi connectivity index (χ1n) is 13.7. The maximum atomic E-state index is 14.1. The minimum absolute atomic E-state index is 0.134. The molecule has 1 aliphatic carbocycles. The number of carbonyl (C=O) groups is 2. The standard InChI is InChI=1S/C31H31F3N4O3/c1-2-26(39)24(16-19-9-10-19)29(40)37-28-30(41)38(18-20-6-5-15-35-17-20)25-8-4-3-7-23(25)27(36-28)21-11-13-22(14-12-21)31(32,33)34/h3-8,11-15,17,19,24,26,28,39H,2,9-10,16,18H2,1H3,(H,37,40). The normalized spacial score (nSPS) is 18.7. The minimum Gasteiger partial charge on any atom is -0.392 e. The summed E-state index contributed by atoms with van der Waals surface area (Å²) in [4.78, 5) is 37.9. The summed E-state index contributed by atoms with van der Waals surface area (Å²) in [5, 5.41) is 13.4. The van der Waals surface area contributed by atoms with Gasteiger partial charge < -0.3 is 15.3 Å². The number of pyridine rings is 1. The molecule has 0 radical (unpaired) electrons. The quantitative estimate of drug-likeness (QED) is 0.378. The molecule has 2 aromatic carbocycles. The molecule has 3 aromatic rings. The van der Waals surface area contributed by atoms with Gasteiger partial charge in [0, 0.05) is 23.5 Å². The SMILES string of the molecule is CCC(O)C(CC1CC1)C(=O)NC1N=C(c2ccc(C(F)(F)F)cc2)c2ccccc2N(Cc2cccnc2)C1=O. The van der Waals surface area contributed by atoms with Crippen LogP contribution in [0.2, 0.25) is 0 Å². The number of hydrogen-bond acceptors (Lipinski definition) is 5. The highest BCUT2D eigenvalue weighted by Crippen LogP contribution is 2.37. The lowest BCUT2D eigenvalue weighted by Crippen LogP contribution is -2.50. The van der Waals surface area contributed by atoms with Crippen molar-refractivity contribution in [1.82, 2.24) is 10.3 Å². The molecule has 1 aliphatic heterocycles. The van der Waals surface area contributed by atoms with Gasteiger partial charge in [-0.3, -0.25) is 14.6 Å². The zero-order chi connectivity index (χ0) is 29.1. The number of carbonyl (C=O) groups excluding carboxylic acids is 2. The predicted octanol–water partition coefficient (Wildman–Crippen LogP) is 5.11. The molecule has 1 fully saturated rings. The molecule has 2 amide bonds. The minimum atomic E-state index is -4.51. The van der Waals surface area contributed by atoms with E-state index >= 15 is 0 Å². The number of para-hydroxylation sites is 1. The Balaban J connectivity index is 1.57. The lowest BCUT2D eigenvalue weighted by molar-refractivity contribution is -0.137. The average molecular weight is 565 g/mol. The van der Waals surface area contributed by atoms with Gasteiger partial charge in [-0.05, 0) is 48.6 Å². The van der Waals surface area contributed by atoms with Gasteiger partial charge >= 0.3 is 6.18 Å². The summed E-state index contributed by atoms with van der Waals surface area (Å²) in [5.74, 6) is -1.34. The highest BCUT2D eigenvalue weighted by molar-refractivity contribution is 6.20. The van der Waals surface area contributed by atoms with E-state index in [1.807, 2.05) is 6.07 Å². The largest absolute Gasteiger partial charge is 0.416 e. The van der Waals surface area contributed by atoms with E-state index in [4.69, 9.17) is 0 Å². The van der Waals surface area contributed by atoms with Crippen LogP contribution >= 0.6 is 0 Å². The van der Waals surface area contributed by atoms with Gasteiger partial charge in [-0.2, -0.15) is 13.2 Å². The molecule has 2 aliphatic rings. The Kier molecular flexibility index (Phi) is 8.21. The summed E-state index contributed by atoms with van der Waals surface area (Å²) in [5.41, 5.74) is 1.61. The first kappa shape index (κ1) is 28.5. The third kappa shape index (κ3) is 6.48. The summed E-state index contributed by atoms with van der Waals surface area (Å²) in [6.45, 7) is 1.93. The van der Waals surface area contributed by atoms with Crippen molar-refractivity contribution >= 4 is 23.2 Å². The number of hydrogen-bond donors (Lipinski definition) is 2. The molecule has 1 saturated carbocycles. The zero-order valence-corrected chi connectivity index (χ0v) is 22.5. The number of aliphatic hydroxyl groups is 1. The number of aliphatic imine (C=N–C) groups is 1. The third-order valence-electron chi connectivity index (χ3n) is 7.54. The van der Waals surface area contributed by atoms with Crippen molar-refractivity contribution in [2.75, 3.05) is 4.90 Å². The third-order valence-corrected chi connectivity index (χ3v) is 7.54. The van der Waals surface area contributed by atoms with Gasteiger partial charge in [0.25, 0.3) is 5.91 Å². The van der Waals surface area contributed by atoms with Crippen LogP contribution in [0.5, 0.6) is 0 Å². The maximum absolute atomic E-state index is 14.1.